The van der Waals surface area contributed by atoms with Crippen LogP contribution in [0.2, 0.25) is 5.02 Å². The Labute approximate surface area is 115 Å². The molecule has 0 spiro atoms. The fourth-order valence-electron chi connectivity index (χ4n) is 2.83. The largest absolute Gasteiger partial charge is 0.371 e. The Bertz CT molecular complexity index is 415. The smallest absolute Gasteiger partial charge is 0.0426 e. The van der Waals surface area contributed by atoms with Crippen molar-refractivity contribution in [3.63, 3.8) is 0 Å². The molecule has 0 aromatic heterocycles. The summed E-state index contributed by atoms with van der Waals surface area (Å²) in [6, 6.07) is 6.17. The van der Waals surface area contributed by atoms with Crippen LogP contribution in [0.5, 0.6) is 0 Å². The molecule has 1 fully saturated rings. The fraction of sp³-hybridized carbons (Fsp3) is 0.600. The van der Waals surface area contributed by atoms with Gasteiger partial charge in [-0.25, -0.2) is 0 Å². The zero-order valence-corrected chi connectivity index (χ0v) is 12.1. The van der Waals surface area contributed by atoms with Crippen LogP contribution in [0.25, 0.3) is 0 Å². The van der Waals surface area contributed by atoms with Gasteiger partial charge in [0.25, 0.3) is 0 Å². The summed E-state index contributed by atoms with van der Waals surface area (Å²) >= 11 is 6.15. The lowest BCUT2D eigenvalue weighted by molar-refractivity contribution is 0.293. The summed E-state index contributed by atoms with van der Waals surface area (Å²) in [6.45, 7) is 7.59. The van der Waals surface area contributed by atoms with Crippen molar-refractivity contribution in [1.82, 2.24) is 0 Å². The lowest BCUT2D eigenvalue weighted by atomic mass is 9.83. The summed E-state index contributed by atoms with van der Waals surface area (Å²) in [5.41, 5.74) is 8.69. The van der Waals surface area contributed by atoms with E-state index in [9.17, 15) is 0 Å². The van der Waals surface area contributed by atoms with E-state index in [0.717, 1.165) is 24.5 Å². The van der Waals surface area contributed by atoms with Crippen LogP contribution >= 0.6 is 11.6 Å². The van der Waals surface area contributed by atoms with Crippen molar-refractivity contribution in [2.75, 3.05) is 24.5 Å². The Kier molecular flexibility index (Phi) is 4.18. The molecule has 2 N–H and O–H groups in total. The highest BCUT2D eigenvalue weighted by Crippen LogP contribution is 2.34. The van der Waals surface area contributed by atoms with Crippen LogP contribution in [0.3, 0.4) is 0 Å². The maximum absolute atomic E-state index is 6.15. The molecule has 1 heterocycles. The van der Waals surface area contributed by atoms with Crippen molar-refractivity contribution in [3.8, 4) is 0 Å². The van der Waals surface area contributed by atoms with Crippen LogP contribution < -0.4 is 10.6 Å². The second-order valence-electron chi connectivity index (χ2n) is 6.00. The molecule has 0 atom stereocenters. The zero-order valence-electron chi connectivity index (χ0n) is 11.4. The maximum Gasteiger partial charge on any atom is 0.0426 e. The van der Waals surface area contributed by atoms with Crippen LogP contribution in [0.15, 0.2) is 18.2 Å². The van der Waals surface area contributed by atoms with E-state index in [1.807, 2.05) is 6.07 Å². The number of nitrogens with zero attached hydrogens (tertiary/aromatic N) is 1. The van der Waals surface area contributed by atoms with E-state index in [2.05, 4.69) is 30.9 Å². The van der Waals surface area contributed by atoms with Gasteiger partial charge in [0.2, 0.25) is 0 Å². The molecule has 18 heavy (non-hydrogen) atoms. The fourth-order valence-corrected chi connectivity index (χ4v) is 2.99. The molecular formula is C15H23ClN2. The van der Waals surface area contributed by atoms with Crippen LogP contribution in [-0.4, -0.2) is 19.6 Å². The van der Waals surface area contributed by atoms with E-state index in [4.69, 9.17) is 17.3 Å². The number of rotatable bonds is 3. The van der Waals surface area contributed by atoms with E-state index in [1.165, 1.54) is 24.1 Å². The highest BCUT2D eigenvalue weighted by Gasteiger charge is 2.27. The number of nitrogens with two attached hydrogens (primary N) is 1. The first-order chi connectivity index (χ1) is 8.52. The molecule has 1 aliphatic rings. The topological polar surface area (TPSA) is 29.3 Å². The molecule has 0 bridgehead atoms. The van der Waals surface area contributed by atoms with Gasteiger partial charge in [-0.15, -0.1) is 0 Å². The third kappa shape index (κ3) is 3.18. The van der Waals surface area contributed by atoms with Crippen LogP contribution in [0.4, 0.5) is 5.69 Å². The molecule has 0 aliphatic carbocycles. The predicted octanol–water partition coefficient (Wildman–Crippen LogP) is 3.47. The van der Waals surface area contributed by atoms with Gasteiger partial charge in [-0.1, -0.05) is 31.5 Å². The molecule has 1 saturated heterocycles. The van der Waals surface area contributed by atoms with Crippen LogP contribution in [0, 0.1) is 5.41 Å². The van der Waals surface area contributed by atoms with Gasteiger partial charge < -0.3 is 10.6 Å². The molecule has 100 valence electrons. The number of anilines is 1. The highest BCUT2D eigenvalue weighted by molar-refractivity contribution is 6.30. The number of hydrogen-bond donors (Lipinski definition) is 1. The molecule has 0 amide bonds. The van der Waals surface area contributed by atoms with Gasteiger partial charge in [-0.3, -0.25) is 0 Å². The summed E-state index contributed by atoms with van der Waals surface area (Å²) in [4.78, 5) is 2.47. The molecule has 1 aromatic rings. The van der Waals surface area contributed by atoms with Crippen molar-refractivity contribution in [2.24, 2.45) is 11.1 Å². The van der Waals surface area contributed by atoms with Crippen molar-refractivity contribution in [1.29, 1.82) is 0 Å². The average Bonchev–Trinajstić information content (AvgIpc) is 2.30. The molecule has 0 radical (unpaired) electrons. The minimum absolute atomic E-state index is 0.389. The Morgan fingerprint density at radius 2 is 2.17 bits per heavy atom. The molecule has 2 nitrogen and oxygen atoms in total. The minimum atomic E-state index is 0.389. The first kappa shape index (κ1) is 13.7. The summed E-state index contributed by atoms with van der Waals surface area (Å²) in [5, 5.41) is 0.814. The summed E-state index contributed by atoms with van der Waals surface area (Å²) in [5.74, 6) is 0. The zero-order chi connectivity index (χ0) is 13.2. The minimum Gasteiger partial charge on any atom is -0.371 e. The SMILES string of the molecule is CC1(C)CCCN(c2cc(Cl)ccc2CCN)C1. The van der Waals surface area contributed by atoms with E-state index >= 15 is 0 Å². The Hall–Kier alpha value is -0.730. The Morgan fingerprint density at radius 1 is 1.39 bits per heavy atom. The summed E-state index contributed by atoms with van der Waals surface area (Å²) in [7, 11) is 0. The predicted molar refractivity (Wildman–Crippen MR) is 79.4 cm³/mol. The highest BCUT2D eigenvalue weighted by atomic mass is 35.5. The van der Waals surface area contributed by atoms with Gasteiger partial charge in [0.05, 0.1) is 0 Å². The Morgan fingerprint density at radius 3 is 2.83 bits per heavy atom. The lowest BCUT2D eigenvalue weighted by Crippen LogP contribution is -2.40. The molecule has 3 heteroatoms. The molecule has 0 unspecified atom stereocenters. The van der Waals surface area contributed by atoms with Gasteiger partial charge in [0.15, 0.2) is 0 Å². The number of hydrogen-bond acceptors (Lipinski definition) is 2. The van der Waals surface area contributed by atoms with Gasteiger partial charge in [0, 0.05) is 23.8 Å². The van der Waals surface area contributed by atoms with E-state index in [1.54, 1.807) is 0 Å². The molecule has 1 aromatic carbocycles. The van der Waals surface area contributed by atoms with Crippen molar-refractivity contribution in [3.05, 3.63) is 28.8 Å². The third-order valence-electron chi connectivity index (χ3n) is 3.70. The molecule has 0 saturated carbocycles. The lowest BCUT2D eigenvalue weighted by Gasteiger charge is -2.40. The maximum atomic E-state index is 6.15. The second kappa shape index (κ2) is 5.50. The van der Waals surface area contributed by atoms with Crippen LogP contribution in [0.1, 0.15) is 32.3 Å². The molecule has 2 rings (SSSR count). The first-order valence-electron chi connectivity index (χ1n) is 6.75. The average molecular weight is 267 g/mol. The summed E-state index contributed by atoms with van der Waals surface area (Å²) < 4.78 is 0. The van der Waals surface area contributed by atoms with Crippen LogP contribution in [-0.2, 0) is 6.42 Å². The second-order valence-corrected chi connectivity index (χ2v) is 6.44. The molecular weight excluding hydrogens is 244 g/mol. The van der Waals surface area contributed by atoms with Gasteiger partial charge >= 0.3 is 0 Å². The van der Waals surface area contributed by atoms with Crippen molar-refractivity contribution < 1.29 is 0 Å². The van der Waals surface area contributed by atoms with Gasteiger partial charge in [-0.2, -0.15) is 0 Å². The van der Waals surface area contributed by atoms with E-state index in [-0.39, 0.29) is 0 Å². The quantitative estimate of drug-likeness (QED) is 0.908. The monoisotopic (exact) mass is 266 g/mol. The number of halogens is 1. The standard InChI is InChI=1S/C15H23ClN2/c1-15(2)7-3-9-18(11-15)14-10-13(16)5-4-12(14)6-8-17/h4-5,10H,3,6-9,11,17H2,1-2H3. The molecule has 1 aliphatic heterocycles. The number of benzene rings is 1. The Balaban J connectivity index is 2.28. The van der Waals surface area contributed by atoms with E-state index < -0.39 is 0 Å². The third-order valence-corrected chi connectivity index (χ3v) is 3.94. The summed E-state index contributed by atoms with van der Waals surface area (Å²) in [6.07, 6.45) is 3.47. The van der Waals surface area contributed by atoms with Gasteiger partial charge in [0.1, 0.15) is 0 Å². The van der Waals surface area contributed by atoms with Gasteiger partial charge in [-0.05, 0) is 48.9 Å². The van der Waals surface area contributed by atoms with E-state index in [0.29, 0.717) is 12.0 Å². The number of piperidine rings is 1. The normalized spacial score (nSPS) is 19.0. The first-order valence-corrected chi connectivity index (χ1v) is 7.13. The van der Waals surface area contributed by atoms with Crippen molar-refractivity contribution >= 4 is 17.3 Å². The van der Waals surface area contributed by atoms with Crippen molar-refractivity contribution in [2.45, 2.75) is 33.1 Å².